The number of nitriles is 1. The lowest BCUT2D eigenvalue weighted by molar-refractivity contribution is -0.122. The van der Waals surface area contributed by atoms with Gasteiger partial charge in [-0.1, -0.05) is 19.1 Å². The third kappa shape index (κ3) is 3.65. The lowest BCUT2D eigenvalue weighted by Gasteiger charge is -2.10. The maximum absolute atomic E-state index is 12.2. The van der Waals surface area contributed by atoms with Gasteiger partial charge in [0.15, 0.2) is 11.7 Å². The van der Waals surface area contributed by atoms with Gasteiger partial charge in [-0.15, -0.1) is 0 Å². The van der Waals surface area contributed by atoms with Gasteiger partial charge < -0.3 is 5.32 Å². The SMILES string of the molecule is CCCNC(=O)C(C#N)C(=O)c1ccc(C)c(C)c1. The molecule has 1 aromatic carbocycles. The number of ketones is 1. The molecule has 1 N–H and O–H groups in total. The normalized spacial score (nSPS) is 11.5. The van der Waals surface area contributed by atoms with Crippen molar-refractivity contribution in [2.45, 2.75) is 27.2 Å². The van der Waals surface area contributed by atoms with Crippen molar-refractivity contribution in [1.82, 2.24) is 5.32 Å². The molecule has 0 spiro atoms. The van der Waals surface area contributed by atoms with E-state index in [-0.39, 0.29) is 0 Å². The molecule has 1 unspecified atom stereocenters. The molecular weight excluding hydrogens is 240 g/mol. The van der Waals surface area contributed by atoms with E-state index >= 15 is 0 Å². The summed E-state index contributed by atoms with van der Waals surface area (Å²) in [5, 5.41) is 11.6. The van der Waals surface area contributed by atoms with Crippen LogP contribution in [0.15, 0.2) is 18.2 Å². The predicted molar refractivity (Wildman–Crippen MR) is 72.7 cm³/mol. The molecule has 0 saturated carbocycles. The largest absolute Gasteiger partial charge is 0.355 e. The lowest BCUT2D eigenvalue weighted by atomic mass is 9.95. The van der Waals surface area contributed by atoms with Crippen LogP contribution in [0.25, 0.3) is 0 Å². The molecule has 4 heteroatoms. The zero-order chi connectivity index (χ0) is 14.4. The second-order valence-corrected chi connectivity index (χ2v) is 4.52. The Kier molecular flexibility index (Phi) is 5.25. The van der Waals surface area contributed by atoms with Gasteiger partial charge in [0.2, 0.25) is 5.91 Å². The average Bonchev–Trinajstić information content (AvgIpc) is 2.40. The highest BCUT2D eigenvalue weighted by Crippen LogP contribution is 2.14. The quantitative estimate of drug-likeness (QED) is 0.650. The summed E-state index contributed by atoms with van der Waals surface area (Å²) in [5.41, 5.74) is 2.44. The highest BCUT2D eigenvalue weighted by atomic mass is 16.2. The van der Waals surface area contributed by atoms with Gasteiger partial charge in [-0.25, -0.2) is 0 Å². The van der Waals surface area contributed by atoms with Gasteiger partial charge in [-0.2, -0.15) is 5.26 Å². The molecule has 1 rings (SSSR count). The molecule has 1 aromatic rings. The zero-order valence-electron chi connectivity index (χ0n) is 11.5. The smallest absolute Gasteiger partial charge is 0.245 e. The molecule has 0 aromatic heterocycles. The number of hydrogen-bond donors (Lipinski definition) is 1. The van der Waals surface area contributed by atoms with Crippen molar-refractivity contribution in [3.05, 3.63) is 34.9 Å². The van der Waals surface area contributed by atoms with Crippen molar-refractivity contribution in [2.75, 3.05) is 6.54 Å². The maximum atomic E-state index is 12.2. The fourth-order valence-corrected chi connectivity index (χ4v) is 1.65. The highest BCUT2D eigenvalue weighted by molar-refractivity contribution is 6.12. The second kappa shape index (κ2) is 6.69. The second-order valence-electron chi connectivity index (χ2n) is 4.52. The van der Waals surface area contributed by atoms with Gasteiger partial charge >= 0.3 is 0 Å². The van der Waals surface area contributed by atoms with Gasteiger partial charge in [0.25, 0.3) is 0 Å². The third-order valence-corrected chi connectivity index (χ3v) is 2.99. The van der Waals surface area contributed by atoms with Crippen LogP contribution in [-0.2, 0) is 4.79 Å². The van der Waals surface area contributed by atoms with E-state index in [1.807, 2.05) is 26.8 Å². The Morgan fingerprint density at radius 3 is 2.53 bits per heavy atom. The highest BCUT2D eigenvalue weighted by Gasteiger charge is 2.27. The molecule has 1 amide bonds. The van der Waals surface area contributed by atoms with Gasteiger partial charge in [0.1, 0.15) is 0 Å². The van der Waals surface area contributed by atoms with Crippen LogP contribution in [-0.4, -0.2) is 18.2 Å². The fourth-order valence-electron chi connectivity index (χ4n) is 1.65. The fraction of sp³-hybridized carbons (Fsp3) is 0.400. The molecule has 100 valence electrons. The Hall–Kier alpha value is -2.15. The van der Waals surface area contributed by atoms with Crippen LogP contribution in [0.3, 0.4) is 0 Å². The minimum atomic E-state index is -1.27. The summed E-state index contributed by atoms with van der Waals surface area (Å²) in [6, 6.07) is 6.97. The topological polar surface area (TPSA) is 70.0 Å². The number of amides is 1. The molecule has 0 saturated heterocycles. The summed E-state index contributed by atoms with van der Waals surface area (Å²) >= 11 is 0. The first-order valence-electron chi connectivity index (χ1n) is 6.30. The van der Waals surface area contributed by atoms with Crippen LogP contribution in [0.2, 0.25) is 0 Å². The molecule has 0 radical (unpaired) electrons. The van der Waals surface area contributed by atoms with Crippen LogP contribution in [0.1, 0.15) is 34.8 Å². The van der Waals surface area contributed by atoms with Crippen LogP contribution >= 0.6 is 0 Å². The summed E-state index contributed by atoms with van der Waals surface area (Å²) in [6.45, 7) is 6.22. The van der Waals surface area contributed by atoms with Crippen LogP contribution in [0, 0.1) is 31.1 Å². The number of carbonyl (C=O) groups excluding carboxylic acids is 2. The predicted octanol–water partition coefficient (Wildman–Crippen LogP) is 2.15. The third-order valence-electron chi connectivity index (χ3n) is 2.99. The Bertz CT molecular complexity index is 529. The Morgan fingerprint density at radius 1 is 1.32 bits per heavy atom. The van der Waals surface area contributed by atoms with E-state index in [9.17, 15) is 9.59 Å². The van der Waals surface area contributed by atoms with Crippen molar-refractivity contribution in [3.63, 3.8) is 0 Å². The number of aryl methyl sites for hydroxylation is 2. The summed E-state index contributed by atoms with van der Waals surface area (Å²) in [4.78, 5) is 23.9. The first-order chi connectivity index (χ1) is 9.01. The van der Waals surface area contributed by atoms with Crippen LogP contribution in [0.4, 0.5) is 0 Å². The molecule has 0 aliphatic rings. The first kappa shape index (κ1) is 14.9. The van der Waals surface area contributed by atoms with E-state index in [1.54, 1.807) is 18.2 Å². The Balaban J connectivity index is 2.93. The molecule has 1 atom stereocenters. The molecule has 4 nitrogen and oxygen atoms in total. The lowest BCUT2D eigenvalue weighted by Crippen LogP contribution is -2.35. The Labute approximate surface area is 113 Å². The molecular formula is C15H18N2O2. The number of carbonyl (C=O) groups is 2. The van der Waals surface area contributed by atoms with Gasteiger partial charge in [0, 0.05) is 12.1 Å². The molecule has 0 aliphatic heterocycles. The van der Waals surface area contributed by atoms with Crippen molar-refractivity contribution in [1.29, 1.82) is 5.26 Å². The molecule has 19 heavy (non-hydrogen) atoms. The molecule has 0 heterocycles. The monoisotopic (exact) mass is 258 g/mol. The first-order valence-corrected chi connectivity index (χ1v) is 6.30. The zero-order valence-corrected chi connectivity index (χ0v) is 11.5. The number of hydrogen-bond acceptors (Lipinski definition) is 3. The number of benzene rings is 1. The number of Topliss-reactive ketones (excluding diaryl/α,β-unsaturated/α-hetero) is 1. The summed E-state index contributed by atoms with van der Waals surface area (Å²) in [7, 11) is 0. The maximum Gasteiger partial charge on any atom is 0.245 e. The van der Waals surface area contributed by atoms with E-state index < -0.39 is 17.6 Å². The van der Waals surface area contributed by atoms with E-state index in [4.69, 9.17) is 5.26 Å². The minimum Gasteiger partial charge on any atom is -0.355 e. The van der Waals surface area contributed by atoms with Crippen molar-refractivity contribution >= 4 is 11.7 Å². The van der Waals surface area contributed by atoms with Crippen LogP contribution in [0.5, 0.6) is 0 Å². The van der Waals surface area contributed by atoms with E-state index in [0.717, 1.165) is 17.5 Å². The van der Waals surface area contributed by atoms with Crippen LogP contribution < -0.4 is 5.32 Å². The van der Waals surface area contributed by atoms with E-state index in [0.29, 0.717) is 12.1 Å². The van der Waals surface area contributed by atoms with E-state index in [1.165, 1.54) is 0 Å². The van der Waals surface area contributed by atoms with Gasteiger partial charge in [0.05, 0.1) is 6.07 Å². The standard InChI is InChI=1S/C15H18N2O2/c1-4-7-17-15(19)13(9-16)14(18)12-6-5-10(2)11(3)8-12/h5-6,8,13H,4,7H2,1-3H3,(H,17,19). The van der Waals surface area contributed by atoms with E-state index in [2.05, 4.69) is 5.32 Å². The number of nitrogens with one attached hydrogen (secondary N) is 1. The average molecular weight is 258 g/mol. The summed E-state index contributed by atoms with van der Waals surface area (Å²) < 4.78 is 0. The van der Waals surface area contributed by atoms with Crippen molar-refractivity contribution in [2.24, 2.45) is 5.92 Å². The number of rotatable bonds is 5. The summed E-state index contributed by atoms with van der Waals surface area (Å²) in [5.74, 6) is -2.24. The number of nitrogens with zero attached hydrogens (tertiary/aromatic N) is 1. The minimum absolute atomic E-state index is 0.404. The van der Waals surface area contributed by atoms with Gasteiger partial charge in [-0.3, -0.25) is 9.59 Å². The van der Waals surface area contributed by atoms with Crippen molar-refractivity contribution < 1.29 is 9.59 Å². The van der Waals surface area contributed by atoms with Gasteiger partial charge in [-0.05, 0) is 37.5 Å². The summed E-state index contributed by atoms with van der Waals surface area (Å²) in [6.07, 6.45) is 0.766. The van der Waals surface area contributed by atoms with Crippen molar-refractivity contribution in [3.8, 4) is 6.07 Å². The molecule has 0 aliphatic carbocycles. The molecule has 0 bridgehead atoms. The molecule has 0 fully saturated rings. The Morgan fingerprint density at radius 2 is 2.00 bits per heavy atom.